The molecule has 19 heavy (non-hydrogen) atoms. The summed E-state index contributed by atoms with van der Waals surface area (Å²) >= 11 is 0. The van der Waals surface area contributed by atoms with Crippen molar-refractivity contribution in [2.24, 2.45) is 5.73 Å². The zero-order valence-corrected chi connectivity index (χ0v) is 11.6. The monoisotopic (exact) mass is 286 g/mol. The summed E-state index contributed by atoms with van der Waals surface area (Å²) in [6.07, 6.45) is 0.142. The minimum absolute atomic E-state index is 0. The van der Waals surface area contributed by atoms with Crippen molar-refractivity contribution in [1.29, 1.82) is 0 Å². The number of halogens is 1. The lowest BCUT2D eigenvalue weighted by molar-refractivity contribution is -0.143. The van der Waals surface area contributed by atoms with Crippen molar-refractivity contribution in [3.63, 3.8) is 0 Å². The number of ether oxygens (including phenoxy) is 1. The zero-order valence-electron chi connectivity index (χ0n) is 10.8. The van der Waals surface area contributed by atoms with Gasteiger partial charge in [0.1, 0.15) is 6.54 Å². The van der Waals surface area contributed by atoms with E-state index < -0.39 is 5.97 Å². The van der Waals surface area contributed by atoms with Crippen molar-refractivity contribution in [2.45, 2.75) is 19.4 Å². The van der Waals surface area contributed by atoms with Gasteiger partial charge >= 0.3 is 5.97 Å². The molecule has 5 nitrogen and oxygen atoms in total. The number of amides is 1. The second kappa shape index (κ2) is 9.35. The van der Waals surface area contributed by atoms with Gasteiger partial charge in [-0.3, -0.25) is 9.59 Å². The lowest BCUT2D eigenvalue weighted by Gasteiger charge is -2.11. The first-order valence-electron chi connectivity index (χ1n) is 5.86. The third-order valence-corrected chi connectivity index (χ3v) is 2.37. The van der Waals surface area contributed by atoms with Gasteiger partial charge in [0.25, 0.3) is 0 Å². The number of benzene rings is 1. The number of hydrogen-bond acceptors (Lipinski definition) is 4. The van der Waals surface area contributed by atoms with Gasteiger partial charge < -0.3 is 15.8 Å². The fraction of sp³-hybridized carbons (Fsp3) is 0.385. The van der Waals surface area contributed by atoms with Crippen LogP contribution in [0.2, 0.25) is 0 Å². The van der Waals surface area contributed by atoms with Gasteiger partial charge in [0.05, 0.1) is 6.61 Å². The molecule has 0 radical (unpaired) electrons. The van der Waals surface area contributed by atoms with Crippen molar-refractivity contribution in [3.8, 4) is 0 Å². The van der Waals surface area contributed by atoms with E-state index in [9.17, 15) is 9.59 Å². The van der Waals surface area contributed by atoms with Crippen LogP contribution in [-0.4, -0.2) is 25.0 Å². The fourth-order valence-electron chi connectivity index (χ4n) is 1.47. The highest BCUT2D eigenvalue weighted by Gasteiger charge is 2.12. The summed E-state index contributed by atoms with van der Waals surface area (Å²) in [5.74, 6) is -0.710. The number of nitrogens with two attached hydrogens (primary N) is 1. The van der Waals surface area contributed by atoms with E-state index in [1.807, 2.05) is 30.3 Å². The van der Waals surface area contributed by atoms with E-state index in [0.29, 0.717) is 6.61 Å². The molecule has 1 unspecified atom stereocenters. The van der Waals surface area contributed by atoms with Crippen molar-refractivity contribution in [2.75, 3.05) is 13.2 Å². The van der Waals surface area contributed by atoms with Gasteiger partial charge in [-0.1, -0.05) is 30.3 Å². The van der Waals surface area contributed by atoms with Crippen molar-refractivity contribution in [1.82, 2.24) is 5.32 Å². The molecular weight excluding hydrogens is 268 g/mol. The number of nitrogens with one attached hydrogen (secondary N) is 1. The molecule has 1 amide bonds. The molecule has 1 rings (SSSR count). The molecule has 1 aromatic rings. The lowest BCUT2D eigenvalue weighted by Crippen LogP contribution is -2.32. The molecule has 0 aliphatic carbocycles. The van der Waals surface area contributed by atoms with E-state index in [4.69, 9.17) is 10.5 Å². The maximum absolute atomic E-state index is 11.5. The maximum Gasteiger partial charge on any atom is 0.325 e. The molecule has 106 valence electrons. The summed E-state index contributed by atoms with van der Waals surface area (Å²) in [4.78, 5) is 22.6. The molecule has 0 aromatic heterocycles. The highest BCUT2D eigenvalue weighted by molar-refractivity contribution is 5.85. The third kappa shape index (κ3) is 6.79. The van der Waals surface area contributed by atoms with Gasteiger partial charge in [-0.15, -0.1) is 12.4 Å². The number of carbonyl (C=O) groups excluding carboxylic acids is 2. The zero-order chi connectivity index (χ0) is 13.4. The number of esters is 1. The Morgan fingerprint density at radius 1 is 1.32 bits per heavy atom. The standard InChI is InChI=1S/C13H18N2O3.ClH/c1-2-18-13(17)9-15-12(16)8-11(14)10-6-4-3-5-7-10;/h3-7,11H,2,8-9,14H2,1H3,(H,15,16);1H. The Kier molecular flexibility index (Phi) is 8.57. The predicted octanol–water partition coefficient (Wildman–Crippen LogP) is 1.18. The Balaban J connectivity index is 0.00000324. The molecule has 0 spiro atoms. The number of rotatable bonds is 6. The molecule has 3 N–H and O–H groups in total. The van der Waals surface area contributed by atoms with Crippen LogP contribution >= 0.6 is 12.4 Å². The molecule has 1 atom stereocenters. The van der Waals surface area contributed by atoms with Crippen LogP contribution in [0, 0.1) is 0 Å². The number of carbonyl (C=O) groups is 2. The van der Waals surface area contributed by atoms with Crippen LogP contribution < -0.4 is 11.1 Å². The fourth-order valence-corrected chi connectivity index (χ4v) is 1.47. The minimum atomic E-state index is -0.445. The quantitative estimate of drug-likeness (QED) is 0.770. The number of hydrogen-bond donors (Lipinski definition) is 2. The van der Waals surface area contributed by atoms with Crippen LogP contribution in [0.5, 0.6) is 0 Å². The van der Waals surface area contributed by atoms with E-state index >= 15 is 0 Å². The molecule has 0 saturated heterocycles. The molecule has 0 bridgehead atoms. The average Bonchev–Trinajstić information content (AvgIpc) is 2.38. The summed E-state index contributed by atoms with van der Waals surface area (Å²) in [7, 11) is 0. The summed E-state index contributed by atoms with van der Waals surface area (Å²) < 4.78 is 4.70. The van der Waals surface area contributed by atoms with Crippen molar-refractivity contribution >= 4 is 24.3 Å². The Morgan fingerprint density at radius 2 is 1.95 bits per heavy atom. The molecular formula is C13H19ClN2O3. The second-order valence-corrected chi connectivity index (χ2v) is 3.80. The van der Waals surface area contributed by atoms with Crippen molar-refractivity contribution < 1.29 is 14.3 Å². The molecule has 0 heterocycles. The highest BCUT2D eigenvalue weighted by atomic mass is 35.5. The van der Waals surface area contributed by atoms with Crippen LogP contribution in [0.15, 0.2) is 30.3 Å². The highest BCUT2D eigenvalue weighted by Crippen LogP contribution is 2.12. The van der Waals surface area contributed by atoms with E-state index in [1.54, 1.807) is 6.92 Å². The van der Waals surface area contributed by atoms with E-state index in [-0.39, 0.29) is 37.3 Å². The Bertz CT molecular complexity index is 398. The van der Waals surface area contributed by atoms with Gasteiger partial charge in [-0.2, -0.15) is 0 Å². The van der Waals surface area contributed by atoms with Gasteiger partial charge in [-0.25, -0.2) is 0 Å². The summed E-state index contributed by atoms with van der Waals surface area (Å²) in [6.45, 7) is 1.90. The van der Waals surface area contributed by atoms with Crippen LogP contribution in [-0.2, 0) is 14.3 Å². The molecule has 0 aliphatic rings. The Labute approximate surface area is 118 Å². The van der Waals surface area contributed by atoms with E-state index in [1.165, 1.54) is 0 Å². The van der Waals surface area contributed by atoms with Gasteiger partial charge in [-0.05, 0) is 12.5 Å². The SMILES string of the molecule is CCOC(=O)CNC(=O)CC(N)c1ccccc1.Cl. The Morgan fingerprint density at radius 3 is 2.53 bits per heavy atom. The topological polar surface area (TPSA) is 81.4 Å². The van der Waals surface area contributed by atoms with E-state index in [2.05, 4.69) is 5.32 Å². The maximum atomic E-state index is 11.5. The molecule has 0 saturated carbocycles. The van der Waals surface area contributed by atoms with Gasteiger partial charge in [0, 0.05) is 12.5 Å². The van der Waals surface area contributed by atoms with Crippen LogP contribution in [0.4, 0.5) is 0 Å². The molecule has 0 fully saturated rings. The van der Waals surface area contributed by atoms with Crippen LogP contribution in [0.1, 0.15) is 24.9 Å². The molecule has 1 aromatic carbocycles. The summed E-state index contributed by atoms with van der Waals surface area (Å²) in [5.41, 5.74) is 6.78. The minimum Gasteiger partial charge on any atom is -0.465 e. The first-order chi connectivity index (χ1) is 8.63. The third-order valence-electron chi connectivity index (χ3n) is 2.37. The Hall–Kier alpha value is -1.59. The second-order valence-electron chi connectivity index (χ2n) is 3.80. The first kappa shape index (κ1) is 17.4. The van der Waals surface area contributed by atoms with Crippen LogP contribution in [0.3, 0.4) is 0 Å². The van der Waals surface area contributed by atoms with E-state index in [0.717, 1.165) is 5.56 Å². The van der Waals surface area contributed by atoms with Gasteiger partial charge in [0.2, 0.25) is 5.91 Å². The molecule has 0 aliphatic heterocycles. The van der Waals surface area contributed by atoms with Crippen molar-refractivity contribution in [3.05, 3.63) is 35.9 Å². The molecule has 6 heteroatoms. The smallest absolute Gasteiger partial charge is 0.325 e. The predicted molar refractivity (Wildman–Crippen MR) is 74.9 cm³/mol. The lowest BCUT2D eigenvalue weighted by atomic mass is 10.0. The van der Waals surface area contributed by atoms with Gasteiger partial charge in [0.15, 0.2) is 0 Å². The summed E-state index contributed by atoms with van der Waals surface area (Å²) in [5, 5.41) is 2.47. The van der Waals surface area contributed by atoms with Crippen LogP contribution in [0.25, 0.3) is 0 Å². The largest absolute Gasteiger partial charge is 0.465 e. The first-order valence-corrected chi connectivity index (χ1v) is 5.86. The summed E-state index contributed by atoms with van der Waals surface area (Å²) in [6, 6.07) is 8.98. The normalized spacial score (nSPS) is 11.1. The average molecular weight is 287 g/mol.